The van der Waals surface area contributed by atoms with Crippen molar-refractivity contribution in [2.45, 2.75) is 76.0 Å². The molecule has 12 heteroatoms. The number of phenols is 1. The minimum atomic E-state index is -2.79. The van der Waals surface area contributed by atoms with E-state index in [1.807, 2.05) is 6.07 Å². The van der Waals surface area contributed by atoms with Gasteiger partial charge in [-0.3, -0.25) is 38.7 Å². The monoisotopic (exact) mass is 658 g/mol. The van der Waals surface area contributed by atoms with Crippen molar-refractivity contribution in [2.24, 2.45) is 35.3 Å². The van der Waals surface area contributed by atoms with Gasteiger partial charge in [-0.05, 0) is 74.9 Å². The number of aromatic nitrogens is 1. The quantitative estimate of drug-likeness (QED) is 0.303. The zero-order chi connectivity index (χ0) is 34.5. The van der Waals surface area contributed by atoms with Crippen LogP contribution in [-0.2, 0) is 38.6 Å². The number of nitrogens with zero attached hydrogens (tertiary/aromatic N) is 2. The van der Waals surface area contributed by atoms with Gasteiger partial charge in [0.05, 0.1) is 23.1 Å². The molecule has 3 saturated carbocycles. The number of aliphatic hydroxyl groups is 1. The van der Waals surface area contributed by atoms with E-state index in [1.54, 1.807) is 32.4 Å². The van der Waals surface area contributed by atoms with Gasteiger partial charge in [0.1, 0.15) is 5.75 Å². The van der Waals surface area contributed by atoms with Gasteiger partial charge >= 0.3 is 0 Å². The molecule has 6 rings (SSSR count). The van der Waals surface area contributed by atoms with E-state index in [-0.39, 0.29) is 30.7 Å². The van der Waals surface area contributed by atoms with E-state index in [0.29, 0.717) is 29.0 Å². The molecule has 0 aliphatic heterocycles. The van der Waals surface area contributed by atoms with Crippen LogP contribution in [-0.4, -0.2) is 80.8 Å². The molecule has 1 heterocycles. The van der Waals surface area contributed by atoms with Crippen LogP contribution in [0.4, 0.5) is 0 Å². The van der Waals surface area contributed by atoms with Gasteiger partial charge in [0.15, 0.2) is 34.7 Å². The van der Waals surface area contributed by atoms with E-state index in [2.05, 4.69) is 10.3 Å². The van der Waals surface area contributed by atoms with Gasteiger partial charge in [-0.1, -0.05) is 38.2 Å². The highest BCUT2D eigenvalue weighted by Gasteiger charge is 2.69. The maximum atomic E-state index is 14.4. The van der Waals surface area contributed by atoms with Crippen LogP contribution in [0, 0.1) is 29.6 Å². The molecule has 4 aliphatic carbocycles. The lowest BCUT2D eigenvalue weighted by Gasteiger charge is -2.52. The number of carbonyl (C=O) groups excluding carboxylic acids is 6. The fraction of sp³-hybridized carbons (Fsp3) is 0.528. The Morgan fingerprint density at radius 2 is 1.81 bits per heavy atom. The first-order chi connectivity index (χ1) is 22.9. The zero-order valence-corrected chi connectivity index (χ0v) is 27.2. The fourth-order valence-corrected chi connectivity index (χ4v) is 8.78. The average molecular weight is 659 g/mol. The summed E-state index contributed by atoms with van der Waals surface area (Å²) in [4.78, 5) is 86.2. The Labute approximate surface area is 278 Å². The number of ketones is 4. The Morgan fingerprint density at radius 1 is 1.08 bits per heavy atom. The Kier molecular flexibility index (Phi) is 9.08. The summed E-state index contributed by atoms with van der Waals surface area (Å²) < 4.78 is 0. The molecule has 2 amide bonds. The number of phenolic OH excluding ortho intramolecular Hbond substituents is 1. The summed E-state index contributed by atoms with van der Waals surface area (Å²) >= 11 is 0. The van der Waals surface area contributed by atoms with Crippen molar-refractivity contribution >= 4 is 34.9 Å². The van der Waals surface area contributed by atoms with Crippen molar-refractivity contribution in [3.05, 3.63) is 58.4 Å². The number of carbonyl (C=O) groups is 6. The molecule has 0 radical (unpaired) electrons. The molecule has 48 heavy (non-hydrogen) atoms. The van der Waals surface area contributed by atoms with Crippen molar-refractivity contribution in [3.8, 4) is 5.75 Å². The normalized spacial score (nSPS) is 28.9. The number of aryl methyl sites for hydroxylation is 1. The highest BCUT2D eigenvalue weighted by atomic mass is 16.3. The first-order valence-corrected chi connectivity index (χ1v) is 16.8. The standard InChI is InChI=1S/C36H42N4O8/c1-40(2)28-24-15-21-14-23-19(11-10-18-7-4-3-5-8-18)13-22(17-39-35(47)20-9-6-12-38-16-20)29(41)26(23)30(42)25(21)32(44)36(24,48)33(45)27(31(28)43)34(37)46/h6,9,12-13,16,18,21,24-25,27-28,41,48H,3-5,7-8,10-11,14-15,17H2,1-2H3,(H2,37,46)(H,39,47)/t21-,24-,25?,27?,28-,36-/m1/s1. The second kappa shape index (κ2) is 13.0. The number of fused-ring (bicyclic) bond motifs is 3. The topological polar surface area (TPSA) is 197 Å². The van der Waals surface area contributed by atoms with Crippen molar-refractivity contribution < 1.29 is 39.0 Å². The minimum Gasteiger partial charge on any atom is -0.507 e. The number of amides is 2. The van der Waals surface area contributed by atoms with E-state index in [9.17, 15) is 39.0 Å². The third-order valence-corrected chi connectivity index (χ3v) is 11.1. The summed E-state index contributed by atoms with van der Waals surface area (Å²) in [6.07, 6.45) is 10.4. The predicted molar refractivity (Wildman–Crippen MR) is 172 cm³/mol. The molecule has 1 aromatic carbocycles. The van der Waals surface area contributed by atoms with Gasteiger partial charge in [0.25, 0.3) is 5.91 Å². The van der Waals surface area contributed by atoms with Crippen molar-refractivity contribution in [3.63, 3.8) is 0 Å². The molecule has 254 valence electrons. The Balaban J connectivity index is 1.39. The van der Waals surface area contributed by atoms with E-state index in [4.69, 9.17) is 5.73 Å². The average Bonchev–Trinajstić information content (AvgIpc) is 3.06. The smallest absolute Gasteiger partial charge is 0.253 e. The van der Waals surface area contributed by atoms with Gasteiger partial charge in [0, 0.05) is 30.4 Å². The van der Waals surface area contributed by atoms with Gasteiger partial charge in [-0.15, -0.1) is 0 Å². The number of pyridine rings is 1. The van der Waals surface area contributed by atoms with Crippen LogP contribution in [0.3, 0.4) is 0 Å². The molecular weight excluding hydrogens is 616 g/mol. The lowest BCUT2D eigenvalue weighted by molar-refractivity contribution is -0.181. The molecule has 1 aromatic heterocycles. The summed E-state index contributed by atoms with van der Waals surface area (Å²) in [7, 11) is 3.12. The van der Waals surface area contributed by atoms with Gasteiger partial charge in [0.2, 0.25) is 5.91 Å². The maximum absolute atomic E-state index is 14.4. The number of primary amides is 1. The molecule has 2 aromatic rings. The van der Waals surface area contributed by atoms with Crippen LogP contribution in [0.25, 0.3) is 0 Å². The number of hydrogen-bond acceptors (Lipinski definition) is 10. The van der Waals surface area contributed by atoms with Crippen LogP contribution in [0.15, 0.2) is 30.6 Å². The van der Waals surface area contributed by atoms with Crippen molar-refractivity contribution in [1.29, 1.82) is 0 Å². The molecule has 3 fully saturated rings. The highest BCUT2D eigenvalue weighted by molar-refractivity contribution is 6.32. The number of benzene rings is 1. The first-order valence-electron chi connectivity index (χ1n) is 16.8. The number of Topliss-reactive ketones (excluding diaryl/α,β-unsaturated/α-hetero) is 4. The summed E-state index contributed by atoms with van der Waals surface area (Å²) in [6, 6.07) is 3.90. The van der Waals surface area contributed by atoms with Crippen LogP contribution < -0.4 is 11.1 Å². The fourth-order valence-electron chi connectivity index (χ4n) is 8.78. The van der Waals surface area contributed by atoms with E-state index < -0.39 is 70.3 Å². The van der Waals surface area contributed by atoms with Crippen LogP contribution in [0.5, 0.6) is 5.75 Å². The first kappa shape index (κ1) is 33.6. The summed E-state index contributed by atoms with van der Waals surface area (Å²) in [5.74, 6) is -10.8. The third-order valence-electron chi connectivity index (χ3n) is 11.1. The largest absolute Gasteiger partial charge is 0.507 e. The minimum absolute atomic E-state index is 0.00432. The summed E-state index contributed by atoms with van der Waals surface area (Å²) in [5, 5.41) is 26.3. The van der Waals surface area contributed by atoms with Gasteiger partial charge in [-0.2, -0.15) is 0 Å². The number of nitrogens with one attached hydrogen (secondary N) is 1. The third kappa shape index (κ3) is 5.54. The number of nitrogens with two attached hydrogens (primary N) is 1. The van der Waals surface area contributed by atoms with E-state index in [0.717, 1.165) is 24.8 Å². The molecule has 0 saturated heterocycles. The molecule has 6 atom stereocenters. The van der Waals surface area contributed by atoms with Gasteiger partial charge < -0.3 is 21.3 Å². The molecule has 5 N–H and O–H groups in total. The number of hydrogen-bond donors (Lipinski definition) is 4. The zero-order valence-electron chi connectivity index (χ0n) is 27.2. The maximum Gasteiger partial charge on any atom is 0.253 e. The number of rotatable bonds is 8. The lowest BCUT2D eigenvalue weighted by Crippen LogP contribution is -2.74. The van der Waals surface area contributed by atoms with Crippen molar-refractivity contribution in [1.82, 2.24) is 15.2 Å². The molecule has 12 nitrogen and oxygen atoms in total. The van der Waals surface area contributed by atoms with E-state index >= 15 is 0 Å². The van der Waals surface area contributed by atoms with Crippen LogP contribution in [0.2, 0.25) is 0 Å². The number of aromatic hydroxyl groups is 1. The highest BCUT2D eigenvalue weighted by Crippen LogP contribution is 2.51. The second-order valence-corrected chi connectivity index (χ2v) is 14.2. The molecule has 0 spiro atoms. The molecule has 4 aliphatic rings. The molecule has 2 unspecified atom stereocenters. The van der Waals surface area contributed by atoms with E-state index in [1.165, 1.54) is 30.4 Å². The molecular formula is C36H42N4O8. The summed E-state index contributed by atoms with van der Waals surface area (Å²) in [6.45, 7) is -0.101. The predicted octanol–water partition coefficient (Wildman–Crippen LogP) is 1.70. The Bertz CT molecular complexity index is 1680. The SMILES string of the molecule is CN(C)[C@H]1C(=O)C(C(N)=O)C(=O)[C@]2(O)C(=O)C3C(=O)c4c(O)c(CNC(=O)c5cccnc5)cc(CCC5CCCCC5)c4C[C@@H]3C[C@H]12. The Hall–Kier alpha value is -4.29. The van der Waals surface area contributed by atoms with Crippen LogP contribution >= 0.6 is 0 Å². The Morgan fingerprint density at radius 3 is 2.46 bits per heavy atom. The molecule has 0 bridgehead atoms. The second-order valence-electron chi connectivity index (χ2n) is 14.2. The van der Waals surface area contributed by atoms with Crippen molar-refractivity contribution in [2.75, 3.05) is 14.1 Å². The van der Waals surface area contributed by atoms with Crippen LogP contribution in [0.1, 0.15) is 82.4 Å². The number of likely N-dealkylation sites (N-methyl/N-ethyl adjacent to an activating group) is 1. The summed E-state index contributed by atoms with van der Waals surface area (Å²) in [5.41, 5.74) is 4.67. The lowest BCUT2D eigenvalue weighted by atomic mass is 9.52. The van der Waals surface area contributed by atoms with Gasteiger partial charge in [-0.25, -0.2) is 0 Å².